The molecular weight excluding hydrogens is 234 g/mol. The van der Waals surface area contributed by atoms with E-state index >= 15 is 0 Å². The van der Waals surface area contributed by atoms with Gasteiger partial charge in [-0.2, -0.15) is 0 Å². The lowest BCUT2D eigenvalue weighted by molar-refractivity contribution is 0.0685. The number of hydrogen-bond acceptors (Lipinski definition) is 3. The number of benzene rings is 1. The number of carbonyl (C=O) groups is 1. The zero-order valence-electron chi connectivity index (χ0n) is 10.1. The highest BCUT2D eigenvalue weighted by Gasteiger charge is 2.13. The van der Waals surface area contributed by atoms with Crippen LogP contribution in [0.4, 0.5) is 0 Å². The molecule has 0 radical (unpaired) electrons. The second-order valence-electron chi connectivity index (χ2n) is 3.83. The number of nitrogens with zero attached hydrogens (tertiary/aromatic N) is 1. The Hall–Kier alpha value is -2.30. The summed E-state index contributed by atoms with van der Waals surface area (Å²) in [5.41, 5.74) is 0.264. The van der Waals surface area contributed by atoms with E-state index < -0.39 is 5.97 Å². The standard InChI is InChI=1S/C13H13NO4/c1-3-14-10-6-8(18-2)4-5-9(10)12(15)7-11(14)13(16)17/h4-7H,3H2,1-2H3,(H,16,17). The predicted octanol–water partition coefficient (Wildman–Crippen LogP) is 1.73. The molecule has 0 aliphatic rings. The first-order chi connectivity index (χ1) is 8.58. The van der Waals surface area contributed by atoms with Crippen molar-refractivity contribution in [3.63, 3.8) is 0 Å². The van der Waals surface area contributed by atoms with Crippen molar-refractivity contribution in [3.8, 4) is 5.75 Å². The number of methoxy groups -OCH3 is 1. The molecule has 2 aromatic rings. The first kappa shape index (κ1) is 12.2. The van der Waals surface area contributed by atoms with Gasteiger partial charge in [-0.25, -0.2) is 4.79 Å². The van der Waals surface area contributed by atoms with Gasteiger partial charge in [-0.05, 0) is 19.1 Å². The summed E-state index contributed by atoms with van der Waals surface area (Å²) in [7, 11) is 1.52. The molecule has 0 amide bonds. The highest BCUT2D eigenvalue weighted by Crippen LogP contribution is 2.19. The highest BCUT2D eigenvalue weighted by molar-refractivity contribution is 5.90. The minimum atomic E-state index is -1.11. The van der Waals surface area contributed by atoms with Gasteiger partial charge in [0.15, 0.2) is 5.43 Å². The fourth-order valence-corrected chi connectivity index (χ4v) is 2.00. The van der Waals surface area contributed by atoms with Crippen LogP contribution in [0, 0.1) is 0 Å². The zero-order valence-corrected chi connectivity index (χ0v) is 10.1. The number of aromatic carboxylic acids is 1. The number of rotatable bonds is 3. The molecule has 5 heteroatoms. The Morgan fingerprint density at radius 2 is 2.11 bits per heavy atom. The molecule has 0 spiro atoms. The van der Waals surface area contributed by atoms with Gasteiger partial charge in [-0.1, -0.05) is 0 Å². The monoisotopic (exact) mass is 247 g/mol. The molecule has 1 aromatic carbocycles. The number of carboxylic acid groups (broad SMARTS) is 1. The lowest BCUT2D eigenvalue weighted by atomic mass is 10.1. The van der Waals surface area contributed by atoms with Gasteiger partial charge in [0.05, 0.1) is 12.6 Å². The van der Waals surface area contributed by atoms with Crippen LogP contribution in [0.25, 0.3) is 10.9 Å². The second-order valence-corrected chi connectivity index (χ2v) is 3.83. The van der Waals surface area contributed by atoms with Crippen LogP contribution >= 0.6 is 0 Å². The smallest absolute Gasteiger partial charge is 0.352 e. The lowest BCUT2D eigenvalue weighted by Gasteiger charge is -2.13. The molecule has 0 atom stereocenters. The van der Waals surface area contributed by atoms with Crippen LogP contribution in [0.15, 0.2) is 29.1 Å². The molecule has 1 aromatic heterocycles. The Balaban J connectivity index is 2.92. The Morgan fingerprint density at radius 3 is 2.67 bits per heavy atom. The topological polar surface area (TPSA) is 68.5 Å². The van der Waals surface area contributed by atoms with Gasteiger partial charge in [0.25, 0.3) is 0 Å². The van der Waals surface area contributed by atoms with Crippen molar-refractivity contribution in [1.82, 2.24) is 4.57 Å². The molecule has 0 bridgehead atoms. The number of pyridine rings is 1. The van der Waals surface area contributed by atoms with Gasteiger partial charge in [-0.3, -0.25) is 4.79 Å². The van der Waals surface area contributed by atoms with Crippen molar-refractivity contribution >= 4 is 16.9 Å². The van der Waals surface area contributed by atoms with Crippen molar-refractivity contribution in [2.24, 2.45) is 0 Å². The first-order valence-corrected chi connectivity index (χ1v) is 5.53. The second kappa shape index (κ2) is 4.52. The molecule has 1 heterocycles. The minimum absolute atomic E-state index is 0.0109. The molecular formula is C13H13NO4. The van der Waals surface area contributed by atoms with Crippen LogP contribution < -0.4 is 10.2 Å². The summed E-state index contributed by atoms with van der Waals surface area (Å²) >= 11 is 0. The number of ether oxygens (including phenoxy) is 1. The van der Waals surface area contributed by atoms with Crippen LogP contribution in [0.2, 0.25) is 0 Å². The van der Waals surface area contributed by atoms with Crippen LogP contribution in [0.5, 0.6) is 5.75 Å². The van der Waals surface area contributed by atoms with E-state index in [0.29, 0.717) is 23.2 Å². The van der Waals surface area contributed by atoms with E-state index in [9.17, 15) is 9.59 Å². The van der Waals surface area contributed by atoms with Crippen molar-refractivity contribution in [3.05, 3.63) is 40.2 Å². The normalized spacial score (nSPS) is 10.6. The molecule has 0 aliphatic heterocycles. The molecule has 5 nitrogen and oxygen atoms in total. The lowest BCUT2D eigenvalue weighted by Crippen LogP contribution is -2.17. The van der Waals surface area contributed by atoms with E-state index in [-0.39, 0.29) is 11.1 Å². The van der Waals surface area contributed by atoms with E-state index in [4.69, 9.17) is 9.84 Å². The number of aromatic nitrogens is 1. The zero-order chi connectivity index (χ0) is 13.3. The maximum absolute atomic E-state index is 11.9. The average molecular weight is 247 g/mol. The van der Waals surface area contributed by atoms with E-state index in [1.165, 1.54) is 7.11 Å². The maximum Gasteiger partial charge on any atom is 0.352 e. The van der Waals surface area contributed by atoms with E-state index in [1.54, 1.807) is 22.8 Å². The summed E-state index contributed by atoms with van der Waals surface area (Å²) in [6, 6.07) is 6.16. The van der Waals surface area contributed by atoms with Gasteiger partial charge < -0.3 is 14.4 Å². The van der Waals surface area contributed by atoms with Crippen molar-refractivity contribution in [2.45, 2.75) is 13.5 Å². The van der Waals surface area contributed by atoms with Gasteiger partial charge in [0.2, 0.25) is 0 Å². The van der Waals surface area contributed by atoms with Crippen LogP contribution in [-0.2, 0) is 6.54 Å². The fourth-order valence-electron chi connectivity index (χ4n) is 2.00. The Labute approximate surface area is 103 Å². The van der Waals surface area contributed by atoms with Crippen LogP contribution in [-0.4, -0.2) is 22.8 Å². The average Bonchev–Trinajstić information content (AvgIpc) is 2.37. The van der Waals surface area contributed by atoms with Crippen LogP contribution in [0.1, 0.15) is 17.4 Å². The minimum Gasteiger partial charge on any atom is -0.497 e. The number of carboxylic acids is 1. The van der Waals surface area contributed by atoms with Gasteiger partial charge >= 0.3 is 5.97 Å². The highest BCUT2D eigenvalue weighted by atomic mass is 16.5. The molecule has 0 aliphatic carbocycles. The Bertz CT molecular complexity index is 672. The summed E-state index contributed by atoms with van der Waals surface area (Å²) in [4.78, 5) is 23.0. The van der Waals surface area contributed by atoms with Crippen molar-refractivity contribution in [1.29, 1.82) is 0 Å². The third-order valence-electron chi connectivity index (χ3n) is 2.86. The summed E-state index contributed by atoms with van der Waals surface area (Å²) < 4.78 is 6.68. The predicted molar refractivity (Wildman–Crippen MR) is 67.4 cm³/mol. The van der Waals surface area contributed by atoms with Crippen molar-refractivity contribution in [2.75, 3.05) is 7.11 Å². The molecule has 2 rings (SSSR count). The van der Waals surface area contributed by atoms with E-state index in [0.717, 1.165) is 6.07 Å². The summed E-state index contributed by atoms with van der Waals surface area (Å²) in [6.45, 7) is 2.29. The quantitative estimate of drug-likeness (QED) is 0.896. The summed E-state index contributed by atoms with van der Waals surface area (Å²) in [5.74, 6) is -0.523. The van der Waals surface area contributed by atoms with Crippen molar-refractivity contribution < 1.29 is 14.6 Å². The SMILES string of the molecule is CCn1c(C(=O)O)cc(=O)c2ccc(OC)cc21. The third-order valence-corrected chi connectivity index (χ3v) is 2.86. The maximum atomic E-state index is 11.9. The van der Waals surface area contributed by atoms with E-state index in [1.807, 2.05) is 6.92 Å². The van der Waals surface area contributed by atoms with Gasteiger partial charge in [0, 0.05) is 24.1 Å². The first-order valence-electron chi connectivity index (χ1n) is 5.53. The Morgan fingerprint density at radius 1 is 1.39 bits per heavy atom. The fraction of sp³-hybridized carbons (Fsp3) is 0.231. The molecule has 1 N–H and O–H groups in total. The number of fused-ring (bicyclic) bond motifs is 1. The number of hydrogen-bond donors (Lipinski definition) is 1. The van der Waals surface area contributed by atoms with Gasteiger partial charge in [-0.15, -0.1) is 0 Å². The Kier molecular flexibility index (Phi) is 3.06. The van der Waals surface area contributed by atoms with E-state index in [2.05, 4.69) is 0 Å². The molecule has 0 saturated heterocycles. The van der Waals surface area contributed by atoms with Gasteiger partial charge in [0.1, 0.15) is 11.4 Å². The largest absolute Gasteiger partial charge is 0.497 e. The molecule has 18 heavy (non-hydrogen) atoms. The van der Waals surface area contributed by atoms with Crippen LogP contribution in [0.3, 0.4) is 0 Å². The molecule has 0 unspecified atom stereocenters. The molecule has 0 fully saturated rings. The molecule has 94 valence electrons. The summed E-state index contributed by atoms with van der Waals surface area (Å²) in [6.07, 6.45) is 0. The molecule has 0 saturated carbocycles. The number of aryl methyl sites for hydroxylation is 1. The third kappa shape index (κ3) is 1.84. The summed E-state index contributed by atoms with van der Waals surface area (Å²) in [5, 5.41) is 9.60.